The van der Waals surface area contributed by atoms with Crippen LogP contribution in [0.1, 0.15) is 29.5 Å². The number of carbonyl (C=O) groups is 1. The van der Waals surface area contributed by atoms with Gasteiger partial charge < -0.3 is 4.90 Å². The van der Waals surface area contributed by atoms with Crippen molar-refractivity contribution >= 4 is 50.5 Å². The molecule has 0 bridgehead atoms. The molecule has 0 unspecified atom stereocenters. The van der Waals surface area contributed by atoms with E-state index < -0.39 is 10.0 Å². The third-order valence-electron chi connectivity index (χ3n) is 5.64. The molecule has 0 saturated carbocycles. The monoisotopic (exact) mass is 513 g/mol. The number of aryl methyl sites for hydroxylation is 2. The number of hydrogen-bond acceptors (Lipinski definition) is 4. The van der Waals surface area contributed by atoms with E-state index in [2.05, 4.69) is 10.8 Å². The standard InChI is InChI=1S/C25H21Cl2N3O3S/c26-20-8-10-22(27)24(15-20)34(32,33)29-21-9-11-23-19(14-21)2-1-13-30(23)25(31)12-7-17-3-5-18(16-28)6-4-17/h3-6,8-11,14-15,29H,1-2,7,12-13H2. The molecule has 4 rings (SSSR count). The lowest BCUT2D eigenvalue weighted by atomic mass is 10.00. The van der Waals surface area contributed by atoms with Crippen LogP contribution in [-0.2, 0) is 27.7 Å². The van der Waals surface area contributed by atoms with Crippen molar-refractivity contribution in [3.63, 3.8) is 0 Å². The highest BCUT2D eigenvalue weighted by Crippen LogP contribution is 2.32. The van der Waals surface area contributed by atoms with E-state index in [1.807, 2.05) is 12.1 Å². The third-order valence-corrected chi connectivity index (χ3v) is 7.74. The van der Waals surface area contributed by atoms with Gasteiger partial charge in [0.15, 0.2) is 0 Å². The number of fused-ring (bicyclic) bond motifs is 1. The summed E-state index contributed by atoms with van der Waals surface area (Å²) in [6.45, 7) is 0.613. The maximum Gasteiger partial charge on any atom is 0.263 e. The first-order valence-corrected chi connectivity index (χ1v) is 12.9. The second kappa shape index (κ2) is 10.1. The fraction of sp³-hybridized carbons (Fsp3) is 0.200. The van der Waals surface area contributed by atoms with E-state index in [9.17, 15) is 13.2 Å². The first-order chi connectivity index (χ1) is 16.3. The molecule has 0 fully saturated rings. The largest absolute Gasteiger partial charge is 0.312 e. The zero-order chi connectivity index (χ0) is 24.3. The Hall–Kier alpha value is -3.05. The van der Waals surface area contributed by atoms with E-state index in [0.717, 1.165) is 29.7 Å². The van der Waals surface area contributed by atoms with Crippen molar-refractivity contribution < 1.29 is 13.2 Å². The van der Waals surface area contributed by atoms with Crippen LogP contribution in [0.3, 0.4) is 0 Å². The molecule has 1 amide bonds. The molecular weight excluding hydrogens is 493 g/mol. The van der Waals surface area contributed by atoms with Crippen LogP contribution in [0.2, 0.25) is 10.0 Å². The summed E-state index contributed by atoms with van der Waals surface area (Å²) >= 11 is 12.0. The summed E-state index contributed by atoms with van der Waals surface area (Å²) in [5.41, 5.74) is 3.66. The fourth-order valence-electron chi connectivity index (χ4n) is 3.95. The molecule has 0 radical (unpaired) electrons. The van der Waals surface area contributed by atoms with Crippen molar-refractivity contribution in [2.45, 2.75) is 30.6 Å². The Kier molecular flexibility index (Phi) is 7.13. The molecule has 3 aromatic rings. The van der Waals surface area contributed by atoms with E-state index in [-0.39, 0.29) is 20.8 Å². The van der Waals surface area contributed by atoms with Crippen LogP contribution in [0.5, 0.6) is 0 Å². The quantitative estimate of drug-likeness (QED) is 0.465. The van der Waals surface area contributed by atoms with Crippen molar-refractivity contribution in [1.29, 1.82) is 5.26 Å². The minimum atomic E-state index is -3.93. The summed E-state index contributed by atoms with van der Waals surface area (Å²) in [6, 6.07) is 18.7. The van der Waals surface area contributed by atoms with Crippen molar-refractivity contribution in [2.75, 3.05) is 16.2 Å². The Morgan fingerprint density at radius 1 is 1.06 bits per heavy atom. The lowest BCUT2D eigenvalue weighted by Gasteiger charge is -2.30. The fourth-order valence-corrected chi connectivity index (χ4v) is 5.76. The Morgan fingerprint density at radius 2 is 1.82 bits per heavy atom. The first kappa shape index (κ1) is 24.1. The van der Waals surface area contributed by atoms with Gasteiger partial charge in [-0.2, -0.15) is 5.26 Å². The Bertz CT molecular complexity index is 1380. The van der Waals surface area contributed by atoms with Gasteiger partial charge in [-0.25, -0.2) is 8.42 Å². The van der Waals surface area contributed by atoms with Gasteiger partial charge in [-0.1, -0.05) is 35.3 Å². The van der Waals surface area contributed by atoms with Gasteiger partial charge in [-0.15, -0.1) is 0 Å². The molecule has 174 valence electrons. The van der Waals surface area contributed by atoms with Gasteiger partial charge in [-0.3, -0.25) is 9.52 Å². The van der Waals surface area contributed by atoms with Crippen molar-refractivity contribution in [2.24, 2.45) is 0 Å². The molecule has 34 heavy (non-hydrogen) atoms. The summed E-state index contributed by atoms with van der Waals surface area (Å²) in [5.74, 6) is 0.00403. The minimum Gasteiger partial charge on any atom is -0.312 e. The second-order valence-corrected chi connectivity index (χ2v) is 10.5. The van der Waals surface area contributed by atoms with Gasteiger partial charge in [0.2, 0.25) is 5.91 Å². The molecule has 9 heteroatoms. The third kappa shape index (κ3) is 5.36. The lowest BCUT2D eigenvalue weighted by Crippen LogP contribution is -2.35. The molecule has 1 aliphatic rings. The van der Waals surface area contributed by atoms with Crippen LogP contribution in [0, 0.1) is 11.3 Å². The average Bonchev–Trinajstić information content (AvgIpc) is 2.83. The van der Waals surface area contributed by atoms with Crippen LogP contribution in [0.25, 0.3) is 0 Å². The van der Waals surface area contributed by atoms with Crippen molar-refractivity contribution in [3.8, 4) is 6.07 Å². The SMILES string of the molecule is N#Cc1ccc(CCC(=O)N2CCCc3cc(NS(=O)(=O)c4cc(Cl)ccc4Cl)ccc32)cc1. The van der Waals surface area contributed by atoms with Crippen molar-refractivity contribution in [1.82, 2.24) is 0 Å². The number of carbonyl (C=O) groups excluding carboxylic acids is 1. The molecule has 1 heterocycles. The molecule has 0 spiro atoms. The van der Waals surface area contributed by atoms with Crippen molar-refractivity contribution in [3.05, 3.63) is 87.4 Å². The number of nitriles is 1. The number of hydrogen-bond donors (Lipinski definition) is 1. The van der Waals surface area contributed by atoms with Gasteiger partial charge in [0, 0.05) is 29.4 Å². The van der Waals surface area contributed by atoms with E-state index in [1.54, 1.807) is 35.2 Å². The summed E-state index contributed by atoms with van der Waals surface area (Å²) in [7, 11) is -3.93. The summed E-state index contributed by atoms with van der Waals surface area (Å²) in [4.78, 5) is 14.6. The van der Waals surface area contributed by atoms with Crippen LogP contribution in [0.4, 0.5) is 11.4 Å². The Morgan fingerprint density at radius 3 is 2.56 bits per heavy atom. The van der Waals surface area contributed by atoms with Crippen LogP contribution in [-0.4, -0.2) is 20.9 Å². The first-order valence-electron chi connectivity index (χ1n) is 10.7. The van der Waals surface area contributed by atoms with E-state index in [0.29, 0.717) is 30.6 Å². The van der Waals surface area contributed by atoms with Gasteiger partial charge in [0.25, 0.3) is 10.0 Å². The number of rotatable bonds is 6. The number of amides is 1. The lowest BCUT2D eigenvalue weighted by molar-refractivity contribution is -0.118. The molecule has 6 nitrogen and oxygen atoms in total. The van der Waals surface area contributed by atoms with Gasteiger partial charge >= 0.3 is 0 Å². The Labute approximate surface area is 208 Å². The topological polar surface area (TPSA) is 90.3 Å². The molecule has 3 aromatic carbocycles. The number of anilines is 2. The minimum absolute atomic E-state index is 0.00403. The number of halogens is 2. The molecule has 0 atom stereocenters. The number of sulfonamides is 1. The number of benzene rings is 3. The number of nitrogens with zero attached hydrogens (tertiary/aromatic N) is 2. The average molecular weight is 514 g/mol. The molecular formula is C25H21Cl2N3O3S. The smallest absolute Gasteiger partial charge is 0.263 e. The summed E-state index contributed by atoms with van der Waals surface area (Å²) < 4.78 is 28.2. The van der Waals surface area contributed by atoms with E-state index in [4.69, 9.17) is 28.5 Å². The van der Waals surface area contributed by atoms with E-state index in [1.165, 1.54) is 18.2 Å². The predicted octanol–water partition coefficient (Wildman–Crippen LogP) is 5.58. The molecule has 1 aliphatic heterocycles. The highest BCUT2D eigenvalue weighted by atomic mass is 35.5. The molecule has 0 saturated heterocycles. The maximum atomic E-state index is 13.0. The van der Waals surface area contributed by atoms with E-state index >= 15 is 0 Å². The predicted molar refractivity (Wildman–Crippen MR) is 134 cm³/mol. The molecule has 0 aliphatic carbocycles. The number of nitrogens with one attached hydrogen (secondary N) is 1. The maximum absolute atomic E-state index is 13.0. The van der Waals surface area contributed by atoms with Gasteiger partial charge in [0.05, 0.1) is 16.7 Å². The van der Waals surface area contributed by atoms with Crippen LogP contribution < -0.4 is 9.62 Å². The van der Waals surface area contributed by atoms with Gasteiger partial charge in [-0.05, 0) is 78.9 Å². The zero-order valence-corrected chi connectivity index (χ0v) is 20.4. The summed E-state index contributed by atoms with van der Waals surface area (Å²) in [5, 5.41) is 9.26. The normalized spacial score (nSPS) is 13.1. The highest BCUT2D eigenvalue weighted by molar-refractivity contribution is 7.92. The van der Waals surface area contributed by atoms with Crippen LogP contribution in [0.15, 0.2) is 65.6 Å². The Balaban J connectivity index is 1.49. The second-order valence-electron chi connectivity index (χ2n) is 7.98. The summed E-state index contributed by atoms with van der Waals surface area (Å²) in [6.07, 6.45) is 2.44. The zero-order valence-electron chi connectivity index (χ0n) is 18.1. The van der Waals surface area contributed by atoms with Crippen LogP contribution >= 0.6 is 23.2 Å². The van der Waals surface area contributed by atoms with Gasteiger partial charge in [0.1, 0.15) is 4.90 Å². The highest BCUT2D eigenvalue weighted by Gasteiger charge is 2.24. The molecule has 1 N–H and O–H groups in total. The molecule has 0 aromatic heterocycles.